The van der Waals surface area contributed by atoms with E-state index in [9.17, 15) is 0 Å². The molecule has 100 valence electrons. The average Bonchev–Trinajstić information content (AvgIpc) is 2.35. The fourth-order valence-electron chi connectivity index (χ4n) is 2.62. The van der Waals surface area contributed by atoms with Crippen molar-refractivity contribution in [3.8, 4) is 0 Å². The summed E-state index contributed by atoms with van der Waals surface area (Å²) >= 11 is 0. The fraction of sp³-hybridized carbons (Fsp3) is 0.600. The van der Waals surface area contributed by atoms with Gasteiger partial charge in [-0.25, -0.2) is 0 Å². The van der Waals surface area contributed by atoms with Crippen LogP contribution in [-0.4, -0.2) is 49.1 Å². The Kier molecular flexibility index (Phi) is 4.75. The average molecular weight is 247 g/mol. The third-order valence-electron chi connectivity index (χ3n) is 3.80. The molecule has 2 N–H and O–H groups in total. The Balaban J connectivity index is 1.87. The summed E-state index contributed by atoms with van der Waals surface area (Å²) in [5.74, 6) is 0. The Labute approximate surface area is 111 Å². The van der Waals surface area contributed by atoms with E-state index in [1.54, 1.807) is 0 Å². The van der Waals surface area contributed by atoms with Gasteiger partial charge in [0.2, 0.25) is 0 Å². The van der Waals surface area contributed by atoms with E-state index >= 15 is 0 Å². The molecule has 1 saturated heterocycles. The molecule has 2 rings (SSSR count). The van der Waals surface area contributed by atoms with Crippen LogP contribution in [0, 0.1) is 13.8 Å². The van der Waals surface area contributed by atoms with E-state index < -0.39 is 0 Å². The number of piperazine rings is 1. The summed E-state index contributed by atoms with van der Waals surface area (Å²) in [6.45, 7) is 11.9. The minimum Gasteiger partial charge on any atom is -0.329 e. The number of nitrogens with two attached hydrogens (primary N) is 1. The van der Waals surface area contributed by atoms with Gasteiger partial charge in [0.05, 0.1) is 0 Å². The second kappa shape index (κ2) is 6.32. The molecule has 1 aromatic carbocycles. The molecule has 0 unspecified atom stereocenters. The number of rotatable bonds is 4. The lowest BCUT2D eigenvalue weighted by Crippen LogP contribution is -2.47. The topological polar surface area (TPSA) is 32.5 Å². The quantitative estimate of drug-likeness (QED) is 0.872. The standard InChI is InChI=1S/C15H25N3/c1-13-3-4-15(14(2)11-13)12-18-9-7-17(6-5-16)8-10-18/h3-4,11H,5-10,12,16H2,1-2H3. The zero-order valence-electron chi connectivity index (χ0n) is 11.7. The minimum atomic E-state index is 0.775. The first-order valence-corrected chi connectivity index (χ1v) is 6.90. The molecular weight excluding hydrogens is 222 g/mol. The highest BCUT2D eigenvalue weighted by molar-refractivity contribution is 5.30. The van der Waals surface area contributed by atoms with Gasteiger partial charge in [-0.15, -0.1) is 0 Å². The summed E-state index contributed by atoms with van der Waals surface area (Å²) in [5.41, 5.74) is 9.83. The molecule has 0 aliphatic carbocycles. The van der Waals surface area contributed by atoms with Gasteiger partial charge in [-0.05, 0) is 25.0 Å². The SMILES string of the molecule is Cc1ccc(CN2CCN(CCN)CC2)c(C)c1. The Morgan fingerprint density at radius 2 is 1.72 bits per heavy atom. The molecule has 0 spiro atoms. The Morgan fingerprint density at radius 3 is 2.33 bits per heavy atom. The van der Waals surface area contributed by atoms with Gasteiger partial charge in [0.1, 0.15) is 0 Å². The van der Waals surface area contributed by atoms with Crippen molar-refractivity contribution in [2.75, 3.05) is 39.3 Å². The highest BCUT2D eigenvalue weighted by atomic mass is 15.3. The molecule has 18 heavy (non-hydrogen) atoms. The first kappa shape index (κ1) is 13.5. The van der Waals surface area contributed by atoms with Crippen molar-refractivity contribution in [3.63, 3.8) is 0 Å². The largest absolute Gasteiger partial charge is 0.329 e. The van der Waals surface area contributed by atoms with Crippen LogP contribution < -0.4 is 5.73 Å². The zero-order valence-corrected chi connectivity index (χ0v) is 11.7. The lowest BCUT2D eigenvalue weighted by Gasteiger charge is -2.34. The summed E-state index contributed by atoms with van der Waals surface area (Å²) in [6, 6.07) is 6.77. The maximum atomic E-state index is 5.60. The molecule has 1 heterocycles. The molecule has 0 atom stereocenters. The van der Waals surface area contributed by atoms with E-state index in [1.165, 1.54) is 16.7 Å². The summed E-state index contributed by atoms with van der Waals surface area (Å²) in [4.78, 5) is 5.00. The Hall–Kier alpha value is -0.900. The van der Waals surface area contributed by atoms with Gasteiger partial charge >= 0.3 is 0 Å². The maximum Gasteiger partial charge on any atom is 0.0237 e. The van der Waals surface area contributed by atoms with Crippen LogP contribution in [0.2, 0.25) is 0 Å². The molecule has 1 aliphatic heterocycles. The van der Waals surface area contributed by atoms with E-state index in [0.717, 1.165) is 45.8 Å². The molecular formula is C15H25N3. The maximum absolute atomic E-state index is 5.60. The van der Waals surface area contributed by atoms with Gasteiger partial charge in [-0.1, -0.05) is 23.8 Å². The van der Waals surface area contributed by atoms with Crippen LogP contribution in [0.5, 0.6) is 0 Å². The van der Waals surface area contributed by atoms with Crippen LogP contribution in [0.25, 0.3) is 0 Å². The first-order chi connectivity index (χ1) is 8.69. The second-order valence-electron chi connectivity index (χ2n) is 5.34. The lowest BCUT2D eigenvalue weighted by molar-refractivity contribution is 0.129. The molecule has 0 aromatic heterocycles. The van der Waals surface area contributed by atoms with E-state index in [4.69, 9.17) is 5.73 Å². The number of benzene rings is 1. The van der Waals surface area contributed by atoms with Crippen molar-refractivity contribution >= 4 is 0 Å². The van der Waals surface area contributed by atoms with Crippen LogP contribution in [0.4, 0.5) is 0 Å². The molecule has 0 bridgehead atoms. The molecule has 3 nitrogen and oxygen atoms in total. The van der Waals surface area contributed by atoms with E-state index in [-0.39, 0.29) is 0 Å². The van der Waals surface area contributed by atoms with Crippen molar-refractivity contribution in [1.29, 1.82) is 0 Å². The first-order valence-electron chi connectivity index (χ1n) is 6.90. The van der Waals surface area contributed by atoms with E-state index in [0.29, 0.717) is 0 Å². The summed E-state index contributed by atoms with van der Waals surface area (Å²) in [5, 5.41) is 0. The summed E-state index contributed by atoms with van der Waals surface area (Å²) in [7, 11) is 0. The van der Waals surface area contributed by atoms with Crippen LogP contribution in [0.3, 0.4) is 0 Å². The number of nitrogens with zero attached hydrogens (tertiary/aromatic N) is 2. The van der Waals surface area contributed by atoms with Crippen LogP contribution >= 0.6 is 0 Å². The molecule has 1 aliphatic rings. The molecule has 0 saturated carbocycles. The molecule has 0 amide bonds. The minimum absolute atomic E-state index is 0.775. The highest BCUT2D eigenvalue weighted by Crippen LogP contribution is 2.14. The summed E-state index contributed by atoms with van der Waals surface area (Å²) < 4.78 is 0. The van der Waals surface area contributed by atoms with Gasteiger partial charge in [-0.3, -0.25) is 9.80 Å². The fourth-order valence-corrected chi connectivity index (χ4v) is 2.62. The van der Waals surface area contributed by atoms with Gasteiger partial charge < -0.3 is 5.73 Å². The molecule has 0 radical (unpaired) electrons. The van der Waals surface area contributed by atoms with E-state index in [1.807, 2.05) is 0 Å². The Morgan fingerprint density at radius 1 is 1.06 bits per heavy atom. The van der Waals surface area contributed by atoms with Crippen LogP contribution in [-0.2, 0) is 6.54 Å². The smallest absolute Gasteiger partial charge is 0.0237 e. The number of aryl methyl sites for hydroxylation is 2. The predicted octanol–water partition coefficient (Wildman–Crippen LogP) is 1.38. The third-order valence-corrected chi connectivity index (χ3v) is 3.80. The van der Waals surface area contributed by atoms with Crippen molar-refractivity contribution in [2.24, 2.45) is 5.73 Å². The van der Waals surface area contributed by atoms with Gasteiger partial charge in [0.15, 0.2) is 0 Å². The predicted molar refractivity (Wildman–Crippen MR) is 76.7 cm³/mol. The molecule has 1 aromatic rings. The molecule has 1 fully saturated rings. The van der Waals surface area contributed by atoms with Crippen molar-refractivity contribution in [3.05, 3.63) is 34.9 Å². The zero-order chi connectivity index (χ0) is 13.0. The lowest BCUT2D eigenvalue weighted by atomic mass is 10.1. The molecule has 3 heteroatoms. The normalized spacial score (nSPS) is 18.2. The third kappa shape index (κ3) is 3.55. The summed E-state index contributed by atoms with van der Waals surface area (Å²) in [6.07, 6.45) is 0. The van der Waals surface area contributed by atoms with Crippen molar-refractivity contribution < 1.29 is 0 Å². The van der Waals surface area contributed by atoms with Gasteiger partial charge in [-0.2, -0.15) is 0 Å². The second-order valence-corrected chi connectivity index (χ2v) is 5.34. The van der Waals surface area contributed by atoms with Crippen molar-refractivity contribution in [2.45, 2.75) is 20.4 Å². The van der Waals surface area contributed by atoms with Crippen LogP contribution in [0.15, 0.2) is 18.2 Å². The van der Waals surface area contributed by atoms with Gasteiger partial charge in [0, 0.05) is 45.8 Å². The van der Waals surface area contributed by atoms with Crippen molar-refractivity contribution in [1.82, 2.24) is 9.80 Å². The highest BCUT2D eigenvalue weighted by Gasteiger charge is 2.16. The van der Waals surface area contributed by atoms with Crippen LogP contribution in [0.1, 0.15) is 16.7 Å². The van der Waals surface area contributed by atoms with Gasteiger partial charge in [0.25, 0.3) is 0 Å². The van der Waals surface area contributed by atoms with E-state index in [2.05, 4.69) is 41.8 Å². The number of hydrogen-bond donors (Lipinski definition) is 1. The monoisotopic (exact) mass is 247 g/mol. The Bertz CT molecular complexity index is 381. The number of hydrogen-bond acceptors (Lipinski definition) is 3.